The minimum absolute atomic E-state index is 0.0451. The Morgan fingerprint density at radius 2 is 2.14 bits per heavy atom. The van der Waals surface area contributed by atoms with E-state index in [0.717, 1.165) is 35.4 Å². The average molecular weight is 519 g/mol. The van der Waals surface area contributed by atoms with Gasteiger partial charge in [-0.05, 0) is 55.9 Å². The number of amides is 1. The Bertz CT molecular complexity index is 1460. The molecule has 1 aliphatic rings. The van der Waals surface area contributed by atoms with Crippen molar-refractivity contribution in [1.82, 2.24) is 14.6 Å². The minimum atomic E-state index is -4.76. The van der Waals surface area contributed by atoms with Crippen LogP contribution in [-0.4, -0.2) is 33.1 Å². The molecule has 0 aliphatic heterocycles. The number of nitrogens with one attached hydrogen (secondary N) is 1. The number of hydrogen-bond acceptors (Lipinski definition) is 7. The molecule has 12 heteroatoms. The Kier molecular flexibility index (Phi) is 6.07. The summed E-state index contributed by atoms with van der Waals surface area (Å²) in [4.78, 5) is 31.0. The van der Waals surface area contributed by atoms with E-state index in [9.17, 15) is 22.8 Å². The molecule has 36 heavy (non-hydrogen) atoms. The molecule has 0 fully saturated rings. The molecule has 4 heterocycles. The second-order valence-corrected chi connectivity index (χ2v) is 9.64. The number of nitrogens with zero attached hydrogens (tertiary/aromatic N) is 3. The van der Waals surface area contributed by atoms with Crippen LogP contribution in [0.15, 0.2) is 34.9 Å². The van der Waals surface area contributed by atoms with Gasteiger partial charge in [0.05, 0.1) is 18.4 Å². The van der Waals surface area contributed by atoms with Crippen LogP contribution in [-0.2, 0) is 23.8 Å². The summed E-state index contributed by atoms with van der Waals surface area (Å²) in [7, 11) is 0. The summed E-state index contributed by atoms with van der Waals surface area (Å²) in [5, 5.41) is 6.86. The lowest BCUT2D eigenvalue weighted by molar-refractivity contribution is -0.142. The highest BCUT2D eigenvalue weighted by Crippen LogP contribution is 2.40. The minimum Gasteiger partial charge on any atom is -0.463 e. The number of furan rings is 1. The standard InChI is InChI=1S/C24H21F3N4O4S/c1-3-34-23(33)20-13-7-6-12(2)9-17(13)36-22(20)29-21(32)15-11-19-28-14(16-5-4-8-35-16)10-18(24(25,26)27)31(19)30-15/h4-5,8,10-12H,3,6-7,9H2,1-2H3,(H,29,32)/t12-/m1/s1. The van der Waals surface area contributed by atoms with Crippen molar-refractivity contribution in [3.8, 4) is 11.5 Å². The zero-order valence-corrected chi connectivity index (χ0v) is 20.1. The van der Waals surface area contributed by atoms with Gasteiger partial charge in [-0.25, -0.2) is 14.3 Å². The van der Waals surface area contributed by atoms with Gasteiger partial charge in [-0.3, -0.25) is 4.79 Å². The monoisotopic (exact) mass is 518 g/mol. The Morgan fingerprint density at radius 1 is 1.33 bits per heavy atom. The molecule has 5 rings (SSSR count). The molecule has 8 nitrogen and oxygen atoms in total. The van der Waals surface area contributed by atoms with E-state index in [1.165, 1.54) is 29.7 Å². The fourth-order valence-corrected chi connectivity index (χ4v) is 5.66. The number of thiophene rings is 1. The smallest absolute Gasteiger partial charge is 0.433 e. The molecule has 1 amide bonds. The molecule has 188 valence electrons. The predicted octanol–water partition coefficient (Wildman–Crippen LogP) is 5.62. The van der Waals surface area contributed by atoms with E-state index in [4.69, 9.17) is 9.15 Å². The van der Waals surface area contributed by atoms with Crippen molar-refractivity contribution in [3.63, 3.8) is 0 Å². The molecular weight excluding hydrogens is 497 g/mol. The number of fused-ring (bicyclic) bond motifs is 2. The van der Waals surface area contributed by atoms with Gasteiger partial charge in [0.15, 0.2) is 22.8 Å². The van der Waals surface area contributed by atoms with Crippen molar-refractivity contribution >= 4 is 33.9 Å². The van der Waals surface area contributed by atoms with Crippen LogP contribution in [0.1, 0.15) is 57.2 Å². The highest BCUT2D eigenvalue weighted by Gasteiger charge is 2.36. The van der Waals surface area contributed by atoms with Gasteiger partial charge in [0.2, 0.25) is 0 Å². The number of esters is 1. The third kappa shape index (κ3) is 4.36. The van der Waals surface area contributed by atoms with Crippen molar-refractivity contribution in [2.24, 2.45) is 5.92 Å². The van der Waals surface area contributed by atoms with Gasteiger partial charge in [0.1, 0.15) is 10.7 Å². The fourth-order valence-electron chi connectivity index (χ4n) is 4.26. The van der Waals surface area contributed by atoms with Crippen molar-refractivity contribution in [2.75, 3.05) is 11.9 Å². The van der Waals surface area contributed by atoms with Crippen LogP contribution in [0.4, 0.5) is 18.2 Å². The van der Waals surface area contributed by atoms with Crippen LogP contribution in [0.3, 0.4) is 0 Å². The number of carbonyl (C=O) groups excluding carboxylic acids is 2. The fraction of sp³-hybridized carbons (Fsp3) is 0.333. The number of rotatable bonds is 5. The second-order valence-electron chi connectivity index (χ2n) is 8.53. The van der Waals surface area contributed by atoms with Crippen molar-refractivity contribution in [1.29, 1.82) is 0 Å². The third-order valence-corrected chi connectivity index (χ3v) is 7.11. The summed E-state index contributed by atoms with van der Waals surface area (Å²) in [5.41, 5.74) is -0.450. The summed E-state index contributed by atoms with van der Waals surface area (Å²) < 4.78 is 52.4. The van der Waals surface area contributed by atoms with Crippen molar-refractivity contribution < 1.29 is 31.9 Å². The zero-order chi connectivity index (χ0) is 25.6. The van der Waals surface area contributed by atoms with E-state index in [2.05, 4.69) is 22.3 Å². The van der Waals surface area contributed by atoms with Crippen LogP contribution in [0.5, 0.6) is 0 Å². The first-order valence-electron chi connectivity index (χ1n) is 11.3. The molecule has 1 atom stereocenters. The summed E-state index contributed by atoms with van der Waals surface area (Å²) in [6, 6.07) is 5.00. The molecule has 1 N–H and O–H groups in total. The first-order chi connectivity index (χ1) is 17.2. The van der Waals surface area contributed by atoms with Crippen LogP contribution in [0.25, 0.3) is 17.1 Å². The largest absolute Gasteiger partial charge is 0.463 e. The summed E-state index contributed by atoms with van der Waals surface area (Å²) in [5.74, 6) is -0.722. The topological polar surface area (TPSA) is 98.7 Å². The quantitative estimate of drug-likeness (QED) is 0.344. The van der Waals surface area contributed by atoms with Crippen LogP contribution in [0.2, 0.25) is 0 Å². The Labute approximate surface area is 207 Å². The molecule has 1 aliphatic carbocycles. The van der Waals surface area contributed by atoms with Gasteiger partial charge in [0, 0.05) is 10.9 Å². The van der Waals surface area contributed by atoms with E-state index < -0.39 is 23.7 Å². The van der Waals surface area contributed by atoms with Gasteiger partial charge >= 0.3 is 12.1 Å². The first kappa shape index (κ1) is 24.0. The number of halogens is 3. The van der Waals surface area contributed by atoms with Crippen LogP contribution >= 0.6 is 11.3 Å². The third-order valence-electron chi connectivity index (χ3n) is 5.94. The van der Waals surface area contributed by atoms with E-state index in [1.54, 1.807) is 6.92 Å². The van der Waals surface area contributed by atoms with Gasteiger partial charge in [-0.2, -0.15) is 18.3 Å². The molecule has 0 aromatic carbocycles. The summed E-state index contributed by atoms with van der Waals surface area (Å²) in [6.45, 7) is 3.98. The lowest BCUT2D eigenvalue weighted by atomic mass is 9.88. The molecule has 0 saturated heterocycles. The van der Waals surface area contributed by atoms with Gasteiger partial charge in [0.25, 0.3) is 5.91 Å². The van der Waals surface area contributed by atoms with E-state index >= 15 is 0 Å². The number of ether oxygens (including phenoxy) is 1. The maximum absolute atomic E-state index is 13.8. The van der Waals surface area contributed by atoms with Crippen molar-refractivity contribution in [2.45, 2.75) is 39.3 Å². The predicted molar refractivity (Wildman–Crippen MR) is 125 cm³/mol. The molecule has 4 aromatic rings. The Hall–Kier alpha value is -3.67. The summed E-state index contributed by atoms with van der Waals surface area (Å²) >= 11 is 1.28. The number of hydrogen-bond donors (Lipinski definition) is 1. The number of aromatic nitrogens is 3. The maximum atomic E-state index is 13.8. The molecule has 0 unspecified atom stereocenters. The highest BCUT2D eigenvalue weighted by molar-refractivity contribution is 7.17. The molecular formula is C24H21F3N4O4S. The molecule has 0 saturated carbocycles. The molecule has 0 spiro atoms. The van der Waals surface area contributed by atoms with Gasteiger partial charge in [-0.1, -0.05) is 6.92 Å². The number of anilines is 1. The van der Waals surface area contributed by atoms with E-state index in [1.807, 2.05) is 0 Å². The molecule has 0 radical (unpaired) electrons. The second kappa shape index (κ2) is 9.08. The Balaban J connectivity index is 1.54. The first-order valence-corrected chi connectivity index (χ1v) is 12.1. The maximum Gasteiger partial charge on any atom is 0.433 e. The number of carbonyl (C=O) groups is 2. The lowest BCUT2D eigenvalue weighted by Gasteiger charge is -2.18. The van der Waals surface area contributed by atoms with Crippen molar-refractivity contribution in [3.05, 3.63) is 57.9 Å². The SMILES string of the molecule is CCOC(=O)c1c(NC(=O)c2cc3nc(-c4ccco4)cc(C(F)(F)F)n3n2)sc2c1CC[C@@H](C)C2. The highest BCUT2D eigenvalue weighted by atomic mass is 32.1. The molecule has 0 bridgehead atoms. The number of alkyl halides is 3. The summed E-state index contributed by atoms with van der Waals surface area (Å²) in [6.07, 6.45) is -1.08. The van der Waals surface area contributed by atoms with Crippen LogP contribution < -0.4 is 5.32 Å². The lowest BCUT2D eigenvalue weighted by Crippen LogP contribution is -2.17. The van der Waals surface area contributed by atoms with Crippen LogP contribution in [0, 0.1) is 5.92 Å². The normalized spacial score (nSPS) is 15.6. The van der Waals surface area contributed by atoms with Gasteiger partial charge < -0.3 is 14.5 Å². The molecule has 4 aromatic heterocycles. The van der Waals surface area contributed by atoms with E-state index in [0.29, 0.717) is 27.4 Å². The Morgan fingerprint density at radius 3 is 2.83 bits per heavy atom. The van der Waals surface area contributed by atoms with E-state index in [-0.39, 0.29) is 29.4 Å². The zero-order valence-electron chi connectivity index (χ0n) is 19.3. The van der Waals surface area contributed by atoms with Gasteiger partial charge in [-0.15, -0.1) is 11.3 Å². The average Bonchev–Trinajstić information content (AvgIpc) is 3.55.